The maximum absolute atomic E-state index is 10.2. The van der Waals surface area contributed by atoms with E-state index in [4.69, 9.17) is 0 Å². The first-order valence-electron chi connectivity index (χ1n) is 8.00. The summed E-state index contributed by atoms with van der Waals surface area (Å²) >= 11 is 0. The molecule has 1 aliphatic heterocycles. The van der Waals surface area contributed by atoms with Crippen molar-refractivity contribution in [2.24, 2.45) is 0 Å². The summed E-state index contributed by atoms with van der Waals surface area (Å²) in [5.41, 5.74) is 1.75. The molecule has 23 heavy (non-hydrogen) atoms. The van der Waals surface area contributed by atoms with Crippen molar-refractivity contribution in [3.8, 4) is 17.6 Å². The molecular weight excluding hydrogens is 286 g/mol. The molecule has 0 bridgehead atoms. The number of para-hydroxylation sites is 1. The number of aliphatic hydroxyl groups excluding tert-OH is 1. The second-order valence-electron chi connectivity index (χ2n) is 5.81. The van der Waals surface area contributed by atoms with Gasteiger partial charge in [0.15, 0.2) is 0 Å². The summed E-state index contributed by atoms with van der Waals surface area (Å²) in [6.07, 6.45) is 2.01. The van der Waals surface area contributed by atoms with Gasteiger partial charge in [-0.25, -0.2) is 0 Å². The summed E-state index contributed by atoms with van der Waals surface area (Å²) in [6.45, 7) is 1.00. The van der Waals surface area contributed by atoms with E-state index in [9.17, 15) is 10.2 Å². The molecule has 1 saturated heterocycles. The van der Waals surface area contributed by atoms with Crippen molar-refractivity contribution in [1.82, 2.24) is 4.90 Å². The standard InChI is InChI=1S/C20H21NO2/c22-15-17-9-6-14-21(17)19(18-10-4-5-11-20(18)23)13-12-16-7-2-1-3-8-16/h1-5,7-8,10-11,17,19,22-23H,6,9,14-15H2/t17-,19+/m0/s1. The number of hydrogen-bond acceptors (Lipinski definition) is 3. The molecule has 118 valence electrons. The van der Waals surface area contributed by atoms with Crippen LogP contribution in [0.4, 0.5) is 0 Å². The van der Waals surface area contributed by atoms with Crippen LogP contribution in [0, 0.1) is 11.8 Å². The molecule has 0 aromatic heterocycles. The number of phenols is 1. The van der Waals surface area contributed by atoms with E-state index in [0.29, 0.717) is 0 Å². The fraction of sp³-hybridized carbons (Fsp3) is 0.300. The van der Waals surface area contributed by atoms with E-state index < -0.39 is 0 Å². The lowest BCUT2D eigenvalue weighted by Crippen LogP contribution is -2.35. The van der Waals surface area contributed by atoms with E-state index in [1.54, 1.807) is 6.07 Å². The SMILES string of the molecule is OC[C@@H]1CCCN1[C@H](C#Cc1ccccc1)c1ccccc1O. The molecule has 0 amide bonds. The number of phenolic OH excluding ortho intramolecular Hbond substituents is 1. The average Bonchev–Trinajstić information content (AvgIpc) is 3.06. The molecule has 1 aliphatic rings. The molecule has 3 rings (SSSR count). The fourth-order valence-electron chi connectivity index (χ4n) is 3.13. The van der Waals surface area contributed by atoms with Crippen molar-refractivity contribution in [1.29, 1.82) is 0 Å². The smallest absolute Gasteiger partial charge is 0.121 e. The quantitative estimate of drug-likeness (QED) is 0.857. The van der Waals surface area contributed by atoms with Crippen LogP contribution in [-0.4, -0.2) is 34.3 Å². The highest BCUT2D eigenvalue weighted by atomic mass is 16.3. The van der Waals surface area contributed by atoms with Gasteiger partial charge in [-0.15, -0.1) is 0 Å². The van der Waals surface area contributed by atoms with Crippen molar-refractivity contribution in [3.63, 3.8) is 0 Å². The molecule has 2 aromatic carbocycles. The summed E-state index contributed by atoms with van der Waals surface area (Å²) in [7, 11) is 0. The number of hydrogen-bond donors (Lipinski definition) is 2. The van der Waals surface area contributed by atoms with E-state index >= 15 is 0 Å². The van der Waals surface area contributed by atoms with Gasteiger partial charge < -0.3 is 10.2 Å². The van der Waals surface area contributed by atoms with Crippen LogP contribution < -0.4 is 0 Å². The largest absolute Gasteiger partial charge is 0.508 e. The summed E-state index contributed by atoms with van der Waals surface area (Å²) in [5, 5.41) is 19.9. The van der Waals surface area contributed by atoms with Gasteiger partial charge in [0.2, 0.25) is 0 Å². The van der Waals surface area contributed by atoms with Crippen LogP contribution in [0.1, 0.15) is 30.0 Å². The number of benzene rings is 2. The first-order valence-corrected chi connectivity index (χ1v) is 8.00. The van der Waals surface area contributed by atoms with Gasteiger partial charge in [-0.05, 0) is 31.0 Å². The molecule has 1 heterocycles. The van der Waals surface area contributed by atoms with E-state index in [-0.39, 0.29) is 24.4 Å². The van der Waals surface area contributed by atoms with Crippen LogP contribution in [-0.2, 0) is 0 Å². The van der Waals surface area contributed by atoms with Crippen LogP contribution in [0.3, 0.4) is 0 Å². The Hall–Kier alpha value is -2.28. The normalized spacial score (nSPS) is 19.1. The van der Waals surface area contributed by atoms with Gasteiger partial charge in [0.05, 0.1) is 6.61 Å². The van der Waals surface area contributed by atoms with Gasteiger partial charge in [0.25, 0.3) is 0 Å². The molecule has 0 saturated carbocycles. The number of nitrogens with zero attached hydrogens (tertiary/aromatic N) is 1. The van der Waals surface area contributed by atoms with Crippen LogP contribution in [0.5, 0.6) is 5.75 Å². The minimum Gasteiger partial charge on any atom is -0.508 e. The number of rotatable bonds is 3. The van der Waals surface area contributed by atoms with Crippen LogP contribution >= 0.6 is 0 Å². The Morgan fingerprint density at radius 3 is 2.57 bits per heavy atom. The first kappa shape index (κ1) is 15.6. The molecule has 0 radical (unpaired) electrons. The number of likely N-dealkylation sites (tertiary alicyclic amines) is 1. The molecule has 0 spiro atoms. The molecule has 2 atom stereocenters. The van der Waals surface area contributed by atoms with Gasteiger partial charge in [-0.1, -0.05) is 48.2 Å². The van der Waals surface area contributed by atoms with Gasteiger partial charge in [0, 0.05) is 23.7 Å². The van der Waals surface area contributed by atoms with E-state index in [0.717, 1.165) is 30.5 Å². The van der Waals surface area contributed by atoms with Gasteiger partial charge in [-0.3, -0.25) is 4.90 Å². The third-order valence-electron chi connectivity index (χ3n) is 4.32. The van der Waals surface area contributed by atoms with Crippen LogP contribution in [0.15, 0.2) is 54.6 Å². The molecule has 3 nitrogen and oxygen atoms in total. The lowest BCUT2D eigenvalue weighted by atomic mass is 10.0. The van der Waals surface area contributed by atoms with Crippen molar-refractivity contribution in [3.05, 3.63) is 65.7 Å². The third-order valence-corrected chi connectivity index (χ3v) is 4.32. The molecule has 0 aliphatic carbocycles. The van der Waals surface area contributed by atoms with Crippen LogP contribution in [0.25, 0.3) is 0 Å². The predicted octanol–water partition coefficient (Wildman–Crippen LogP) is 2.94. The number of aromatic hydroxyl groups is 1. The van der Waals surface area contributed by atoms with E-state index in [1.165, 1.54) is 0 Å². The lowest BCUT2D eigenvalue weighted by Gasteiger charge is -2.29. The number of aliphatic hydroxyl groups is 1. The predicted molar refractivity (Wildman–Crippen MR) is 91.0 cm³/mol. The minimum absolute atomic E-state index is 0.102. The highest BCUT2D eigenvalue weighted by molar-refractivity contribution is 5.42. The zero-order valence-electron chi connectivity index (χ0n) is 13.0. The molecular formula is C20H21NO2. The highest BCUT2D eigenvalue weighted by Crippen LogP contribution is 2.33. The maximum atomic E-state index is 10.2. The van der Waals surface area contributed by atoms with Crippen molar-refractivity contribution < 1.29 is 10.2 Å². The highest BCUT2D eigenvalue weighted by Gasteiger charge is 2.31. The first-order chi connectivity index (χ1) is 11.3. The average molecular weight is 307 g/mol. The van der Waals surface area contributed by atoms with Crippen molar-refractivity contribution in [2.45, 2.75) is 24.9 Å². The fourth-order valence-corrected chi connectivity index (χ4v) is 3.13. The lowest BCUT2D eigenvalue weighted by molar-refractivity contribution is 0.139. The zero-order valence-corrected chi connectivity index (χ0v) is 13.0. The Balaban J connectivity index is 1.97. The van der Waals surface area contributed by atoms with E-state index in [2.05, 4.69) is 16.7 Å². The Bertz CT molecular complexity index is 702. The summed E-state index contributed by atoms with van der Waals surface area (Å²) in [6, 6.07) is 17.1. The Kier molecular flexibility index (Phi) is 4.97. The van der Waals surface area contributed by atoms with Gasteiger partial charge in [0.1, 0.15) is 11.8 Å². The van der Waals surface area contributed by atoms with Crippen LogP contribution in [0.2, 0.25) is 0 Å². The molecule has 2 N–H and O–H groups in total. The molecule has 0 unspecified atom stereocenters. The Labute approximate surface area is 137 Å². The molecule has 1 fully saturated rings. The molecule has 3 heteroatoms. The van der Waals surface area contributed by atoms with Gasteiger partial charge >= 0.3 is 0 Å². The monoisotopic (exact) mass is 307 g/mol. The summed E-state index contributed by atoms with van der Waals surface area (Å²) < 4.78 is 0. The second-order valence-corrected chi connectivity index (χ2v) is 5.81. The Morgan fingerprint density at radius 2 is 1.83 bits per heavy atom. The third kappa shape index (κ3) is 3.56. The Morgan fingerprint density at radius 1 is 1.09 bits per heavy atom. The van der Waals surface area contributed by atoms with Crippen molar-refractivity contribution >= 4 is 0 Å². The van der Waals surface area contributed by atoms with Gasteiger partial charge in [-0.2, -0.15) is 0 Å². The second kappa shape index (κ2) is 7.32. The van der Waals surface area contributed by atoms with Crippen molar-refractivity contribution in [2.75, 3.05) is 13.2 Å². The van der Waals surface area contributed by atoms with E-state index in [1.807, 2.05) is 48.5 Å². The summed E-state index contributed by atoms with van der Waals surface area (Å²) in [4.78, 5) is 2.20. The topological polar surface area (TPSA) is 43.7 Å². The maximum Gasteiger partial charge on any atom is 0.121 e. The zero-order chi connectivity index (χ0) is 16.1. The molecule has 2 aromatic rings. The minimum atomic E-state index is -0.212. The summed E-state index contributed by atoms with van der Waals surface area (Å²) in [5.74, 6) is 6.76.